The van der Waals surface area contributed by atoms with Crippen LogP contribution in [0, 0.1) is 0 Å². The van der Waals surface area contributed by atoms with Gasteiger partial charge in [0.25, 0.3) is 5.91 Å². The van der Waals surface area contributed by atoms with E-state index in [0.717, 1.165) is 11.3 Å². The summed E-state index contributed by atoms with van der Waals surface area (Å²) >= 11 is 1.30. The van der Waals surface area contributed by atoms with E-state index in [1.54, 1.807) is 44.3 Å². The lowest BCUT2D eigenvalue weighted by molar-refractivity contribution is -0.121. The largest absolute Gasteiger partial charge is 0.462 e. The summed E-state index contributed by atoms with van der Waals surface area (Å²) in [5.41, 5.74) is 2.00. The highest BCUT2D eigenvalue weighted by atomic mass is 32.2. The van der Waals surface area contributed by atoms with Gasteiger partial charge in [0.15, 0.2) is 5.17 Å². The lowest BCUT2D eigenvalue weighted by Gasteiger charge is -2.06. The molecule has 31 heavy (non-hydrogen) atoms. The summed E-state index contributed by atoms with van der Waals surface area (Å²) in [6, 6.07) is 20.1. The standard InChI is InChI=1S/C24H20N2O4S/c1-3-29-23(28)17-9-7-8-16(14-17)20-13-12-19(30-20)15-21-22(27)26(2)24(31-21)25-18-10-5-4-6-11-18/h4-15H,3H2,1-2H3/b21-15+,25-24?. The molecule has 6 nitrogen and oxygen atoms in total. The lowest BCUT2D eigenvalue weighted by atomic mass is 10.1. The smallest absolute Gasteiger partial charge is 0.338 e. The summed E-state index contributed by atoms with van der Waals surface area (Å²) < 4.78 is 11.0. The van der Waals surface area contributed by atoms with Crippen LogP contribution in [-0.4, -0.2) is 35.6 Å². The normalized spacial score (nSPS) is 16.3. The third-order valence-corrected chi connectivity index (χ3v) is 5.60. The van der Waals surface area contributed by atoms with Gasteiger partial charge in [0.05, 0.1) is 22.8 Å². The number of likely N-dealkylation sites (N-methyl/N-ethyl adjacent to an activating group) is 1. The number of hydrogen-bond donors (Lipinski definition) is 0. The van der Waals surface area contributed by atoms with Crippen molar-refractivity contribution in [2.45, 2.75) is 6.92 Å². The van der Waals surface area contributed by atoms with Gasteiger partial charge in [-0.05, 0) is 55.1 Å². The lowest BCUT2D eigenvalue weighted by Crippen LogP contribution is -2.23. The van der Waals surface area contributed by atoms with Crippen LogP contribution in [0.2, 0.25) is 0 Å². The van der Waals surface area contributed by atoms with Crippen molar-refractivity contribution >= 4 is 40.6 Å². The quantitative estimate of drug-likeness (QED) is 0.401. The minimum absolute atomic E-state index is 0.137. The van der Waals surface area contributed by atoms with Crippen molar-refractivity contribution in [3.63, 3.8) is 0 Å². The van der Waals surface area contributed by atoms with Gasteiger partial charge in [-0.3, -0.25) is 9.69 Å². The number of carbonyl (C=O) groups is 2. The Morgan fingerprint density at radius 3 is 2.71 bits per heavy atom. The van der Waals surface area contributed by atoms with Crippen molar-refractivity contribution in [2.24, 2.45) is 4.99 Å². The van der Waals surface area contributed by atoms with E-state index < -0.39 is 0 Å². The summed E-state index contributed by atoms with van der Waals surface area (Å²) in [4.78, 5) is 31.2. The number of thioether (sulfide) groups is 1. The molecule has 4 rings (SSSR count). The summed E-state index contributed by atoms with van der Waals surface area (Å²) in [5, 5.41) is 0.608. The predicted molar refractivity (Wildman–Crippen MR) is 122 cm³/mol. The van der Waals surface area contributed by atoms with Crippen molar-refractivity contribution < 1.29 is 18.7 Å². The zero-order valence-corrected chi connectivity index (χ0v) is 17.9. The van der Waals surface area contributed by atoms with Crippen LogP contribution in [0.3, 0.4) is 0 Å². The molecule has 1 amide bonds. The number of benzene rings is 2. The molecule has 0 spiro atoms. The second kappa shape index (κ2) is 9.06. The van der Waals surface area contributed by atoms with Gasteiger partial charge in [-0.15, -0.1) is 0 Å². The molecular weight excluding hydrogens is 412 g/mol. The van der Waals surface area contributed by atoms with Crippen LogP contribution in [0.5, 0.6) is 0 Å². The Bertz CT molecular complexity index is 1180. The Labute approximate surface area is 184 Å². The van der Waals surface area contributed by atoms with Crippen LogP contribution in [0.15, 0.2) is 81.0 Å². The molecule has 156 valence electrons. The third kappa shape index (κ3) is 4.62. The average molecular weight is 433 g/mol. The molecule has 2 heterocycles. The highest BCUT2D eigenvalue weighted by Gasteiger charge is 2.30. The van der Waals surface area contributed by atoms with Gasteiger partial charge < -0.3 is 9.15 Å². The van der Waals surface area contributed by atoms with E-state index in [1.807, 2.05) is 42.5 Å². The van der Waals surface area contributed by atoms with Crippen LogP contribution < -0.4 is 0 Å². The number of amides is 1. The number of aliphatic imine (C=N–C) groups is 1. The highest BCUT2D eigenvalue weighted by molar-refractivity contribution is 8.18. The molecule has 0 atom stereocenters. The first-order valence-electron chi connectivity index (χ1n) is 9.74. The highest BCUT2D eigenvalue weighted by Crippen LogP contribution is 2.34. The van der Waals surface area contributed by atoms with E-state index in [0.29, 0.717) is 33.8 Å². The number of amidine groups is 1. The molecule has 0 bridgehead atoms. The maximum absolute atomic E-state index is 12.6. The van der Waals surface area contributed by atoms with E-state index in [9.17, 15) is 9.59 Å². The first-order chi connectivity index (χ1) is 15.0. The van der Waals surface area contributed by atoms with Crippen LogP contribution in [0.1, 0.15) is 23.0 Å². The number of para-hydroxylation sites is 1. The molecule has 2 aromatic carbocycles. The minimum Gasteiger partial charge on any atom is -0.462 e. The molecule has 7 heteroatoms. The number of rotatable bonds is 5. The third-order valence-electron chi connectivity index (χ3n) is 4.54. The Hall–Kier alpha value is -3.58. The van der Waals surface area contributed by atoms with Crippen molar-refractivity contribution in [1.29, 1.82) is 0 Å². The molecule has 3 aromatic rings. The summed E-state index contributed by atoms with van der Waals surface area (Å²) in [6.07, 6.45) is 1.70. The van der Waals surface area contributed by atoms with Crippen molar-refractivity contribution in [1.82, 2.24) is 4.90 Å². The number of carbonyl (C=O) groups excluding carboxylic acids is 2. The molecule has 1 saturated heterocycles. The molecule has 1 aliphatic heterocycles. The Morgan fingerprint density at radius 2 is 1.94 bits per heavy atom. The Balaban J connectivity index is 1.56. The number of esters is 1. The van der Waals surface area contributed by atoms with Gasteiger partial charge in [0.1, 0.15) is 11.5 Å². The molecule has 1 aliphatic rings. The second-order valence-electron chi connectivity index (χ2n) is 6.71. The van der Waals surface area contributed by atoms with E-state index in [1.165, 1.54) is 16.7 Å². The van der Waals surface area contributed by atoms with Gasteiger partial charge in [0, 0.05) is 18.7 Å². The fourth-order valence-corrected chi connectivity index (χ4v) is 3.96. The maximum Gasteiger partial charge on any atom is 0.338 e. The average Bonchev–Trinajstić information content (AvgIpc) is 3.36. The number of furan rings is 1. The van der Waals surface area contributed by atoms with Crippen LogP contribution in [-0.2, 0) is 9.53 Å². The van der Waals surface area contributed by atoms with Gasteiger partial charge in [0.2, 0.25) is 0 Å². The maximum atomic E-state index is 12.6. The van der Waals surface area contributed by atoms with E-state index >= 15 is 0 Å². The summed E-state index contributed by atoms with van der Waals surface area (Å²) in [7, 11) is 1.70. The van der Waals surface area contributed by atoms with Gasteiger partial charge in [-0.1, -0.05) is 30.3 Å². The summed E-state index contributed by atoms with van der Waals surface area (Å²) in [5.74, 6) is 0.628. The van der Waals surface area contributed by atoms with E-state index in [4.69, 9.17) is 9.15 Å². The Morgan fingerprint density at radius 1 is 1.13 bits per heavy atom. The molecule has 1 aromatic heterocycles. The Kier molecular flexibility index (Phi) is 6.04. The zero-order chi connectivity index (χ0) is 21.8. The zero-order valence-electron chi connectivity index (χ0n) is 17.1. The molecule has 0 N–H and O–H groups in total. The van der Waals surface area contributed by atoms with Crippen molar-refractivity contribution in [2.75, 3.05) is 13.7 Å². The molecular formula is C24H20N2O4S. The molecule has 1 fully saturated rings. The first kappa shape index (κ1) is 20.7. The predicted octanol–water partition coefficient (Wildman–Crippen LogP) is 5.36. The minimum atomic E-state index is -0.375. The van der Waals surface area contributed by atoms with E-state index in [2.05, 4.69) is 4.99 Å². The summed E-state index contributed by atoms with van der Waals surface area (Å²) in [6.45, 7) is 2.08. The first-order valence-corrected chi connectivity index (χ1v) is 10.6. The molecule has 0 aliphatic carbocycles. The van der Waals surface area contributed by atoms with Gasteiger partial charge in [-0.2, -0.15) is 0 Å². The van der Waals surface area contributed by atoms with E-state index in [-0.39, 0.29) is 11.9 Å². The van der Waals surface area contributed by atoms with Crippen LogP contribution in [0.4, 0.5) is 5.69 Å². The number of hydrogen-bond acceptors (Lipinski definition) is 6. The van der Waals surface area contributed by atoms with Gasteiger partial charge in [-0.25, -0.2) is 9.79 Å². The van der Waals surface area contributed by atoms with Gasteiger partial charge >= 0.3 is 5.97 Å². The monoisotopic (exact) mass is 432 g/mol. The topological polar surface area (TPSA) is 72.1 Å². The number of ether oxygens (including phenoxy) is 1. The SMILES string of the molecule is CCOC(=O)c1cccc(-c2ccc(/C=C3/SC(=Nc4ccccc4)N(C)C3=O)o2)c1. The fraction of sp³-hybridized carbons (Fsp3) is 0.125. The fourth-order valence-electron chi connectivity index (χ4n) is 2.99. The van der Waals surface area contributed by atoms with Crippen LogP contribution in [0.25, 0.3) is 17.4 Å². The van der Waals surface area contributed by atoms with Crippen LogP contribution >= 0.6 is 11.8 Å². The molecule has 0 radical (unpaired) electrons. The second-order valence-corrected chi connectivity index (χ2v) is 7.72. The number of nitrogens with zero attached hydrogens (tertiary/aromatic N) is 2. The van der Waals surface area contributed by atoms with Crippen molar-refractivity contribution in [3.8, 4) is 11.3 Å². The molecule has 0 saturated carbocycles. The molecule has 0 unspecified atom stereocenters. The van der Waals surface area contributed by atoms with Crippen molar-refractivity contribution in [3.05, 3.63) is 83.0 Å².